The molecule has 1 aromatic carbocycles. The lowest BCUT2D eigenvalue weighted by molar-refractivity contribution is -0.175. The number of rotatable bonds is 6. The van der Waals surface area contributed by atoms with Crippen LogP contribution < -0.4 is 10.1 Å². The summed E-state index contributed by atoms with van der Waals surface area (Å²) in [4.78, 5) is 33.2. The fourth-order valence-electron chi connectivity index (χ4n) is 2.44. The number of benzene rings is 1. The van der Waals surface area contributed by atoms with Crippen molar-refractivity contribution in [3.05, 3.63) is 23.8 Å². The van der Waals surface area contributed by atoms with Crippen LogP contribution in [0, 0.1) is 0 Å². The zero-order valence-corrected chi connectivity index (χ0v) is 17.5. The number of ether oxygens (including phenoxy) is 3. The van der Waals surface area contributed by atoms with Gasteiger partial charge in [-0.15, -0.1) is 0 Å². The summed E-state index contributed by atoms with van der Waals surface area (Å²) in [6.07, 6.45) is -1.20. The van der Waals surface area contributed by atoms with Crippen molar-refractivity contribution in [2.75, 3.05) is 12.4 Å². The highest BCUT2D eigenvalue weighted by Crippen LogP contribution is 2.30. The topological polar surface area (TPSA) is 131 Å². The van der Waals surface area contributed by atoms with Crippen molar-refractivity contribution in [3.63, 3.8) is 0 Å². The number of hydrogen-bond acceptors (Lipinski definition) is 8. The fourth-order valence-corrected chi connectivity index (χ4v) is 2.44. The number of anilines is 1. The maximum Gasteiger partial charge on any atom is 0.302 e. The molecule has 2 rings (SSSR count). The van der Waals surface area contributed by atoms with Crippen molar-refractivity contribution >= 4 is 23.9 Å². The zero-order valence-electron chi connectivity index (χ0n) is 17.5. The van der Waals surface area contributed by atoms with Crippen molar-refractivity contribution in [2.24, 2.45) is 0 Å². The van der Waals surface area contributed by atoms with Crippen LogP contribution in [0.1, 0.15) is 46.1 Å². The van der Waals surface area contributed by atoms with Crippen LogP contribution in [0.3, 0.4) is 0 Å². The monoisotopic (exact) mass is 413 g/mol. The van der Waals surface area contributed by atoms with Crippen LogP contribution >= 0.6 is 0 Å². The molecular weight excluding hydrogens is 382 g/mol. The molecule has 9 nitrogen and oxygen atoms in total. The van der Waals surface area contributed by atoms with E-state index in [9.17, 15) is 19.5 Å². The highest BCUT2D eigenvalue weighted by molar-refractivity contribution is 5.90. The van der Waals surface area contributed by atoms with Gasteiger partial charge in [0, 0.05) is 33.8 Å². The van der Waals surface area contributed by atoms with E-state index < -0.39 is 24.5 Å². The first kappa shape index (κ1) is 26.5. The van der Waals surface area contributed by atoms with Crippen LogP contribution in [0.15, 0.2) is 18.2 Å². The molecule has 0 radical (unpaired) electrons. The van der Waals surface area contributed by atoms with E-state index in [2.05, 4.69) is 5.32 Å². The van der Waals surface area contributed by atoms with E-state index in [-0.39, 0.29) is 25.4 Å². The molecule has 1 aliphatic heterocycles. The molecule has 1 aliphatic rings. The number of amides is 1. The van der Waals surface area contributed by atoms with Gasteiger partial charge in [0.25, 0.3) is 0 Å². The lowest BCUT2D eigenvalue weighted by atomic mass is 10.1. The van der Waals surface area contributed by atoms with Gasteiger partial charge in [0.05, 0.1) is 11.8 Å². The largest absolute Gasteiger partial charge is 0.463 e. The standard InChI is InChI=1S/C17H21NO7.C2H6.CH4O/c1-10(20)18-15-5-12(9-23-11(2)21)3-4-16(15)25-17-7-13(22)6-14(8-19)24-17;2*1-2/h3-5,8,13-14,17,22H,6-7,9H2,1-2H3,(H,18,20);1-2H3;2H,1H3. The SMILES string of the molecule is CC.CC(=O)Nc1cc(COC(C)=O)ccc1OC1CC(O)CC(C=O)O1.CO. The van der Waals surface area contributed by atoms with Crippen LogP contribution in [0.5, 0.6) is 5.75 Å². The van der Waals surface area contributed by atoms with Crippen molar-refractivity contribution in [1.82, 2.24) is 0 Å². The molecule has 9 heteroatoms. The van der Waals surface area contributed by atoms with Gasteiger partial charge >= 0.3 is 5.97 Å². The summed E-state index contributed by atoms with van der Waals surface area (Å²) in [5, 5.41) is 19.4. The molecule has 1 aromatic rings. The van der Waals surface area contributed by atoms with Gasteiger partial charge in [-0.3, -0.25) is 9.59 Å². The van der Waals surface area contributed by atoms with Crippen molar-refractivity contribution in [2.45, 2.75) is 65.6 Å². The molecule has 0 spiro atoms. The van der Waals surface area contributed by atoms with Crippen molar-refractivity contribution in [3.8, 4) is 5.75 Å². The zero-order chi connectivity index (χ0) is 22.4. The summed E-state index contributed by atoms with van der Waals surface area (Å²) in [7, 11) is 1.00. The molecule has 29 heavy (non-hydrogen) atoms. The Labute approximate surface area is 171 Å². The number of aliphatic hydroxyl groups excluding tert-OH is 2. The Balaban J connectivity index is 0.00000184. The molecule has 3 atom stereocenters. The molecule has 164 valence electrons. The van der Waals surface area contributed by atoms with Crippen molar-refractivity contribution in [1.29, 1.82) is 0 Å². The normalized spacial score (nSPS) is 20.0. The molecule has 1 saturated heterocycles. The summed E-state index contributed by atoms with van der Waals surface area (Å²) in [5.41, 5.74) is 1.05. The summed E-state index contributed by atoms with van der Waals surface area (Å²) in [5.74, 6) is -0.388. The first-order valence-corrected chi connectivity index (χ1v) is 9.31. The Morgan fingerprint density at radius 3 is 2.45 bits per heavy atom. The molecule has 1 fully saturated rings. The first-order valence-electron chi connectivity index (χ1n) is 9.31. The molecule has 1 amide bonds. The van der Waals surface area contributed by atoms with Crippen LogP contribution in [0.25, 0.3) is 0 Å². The number of hydrogen-bond donors (Lipinski definition) is 3. The molecule has 0 saturated carbocycles. The van der Waals surface area contributed by atoms with Gasteiger partial charge in [0.2, 0.25) is 12.2 Å². The maximum absolute atomic E-state index is 11.4. The number of aliphatic hydroxyl groups is 2. The number of esters is 1. The van der Waals surface area contributed by atoms with Crippen LogP contribution in [-0.4, -0.2) is 54.0 Å². The average molecular weight is 413 g/mol. The lowest BCUT2D eigenvalue weighted by Gasteiger charge is -2.31. The Hall–Kier alpha value is -2.49. The molecule has 3 unspecified atom stereocenters. The van der Waals surface area contributed by atoms with Crippen LogP contribution in [0.4, 0.5) is 5.69 Å². The maximum atomic E-state index is 11.4. The van der Waals surface area contributed by atoms with E-state index in [1.807, 2.05) is 13.8 Å². The van der Waals surface area contributed by atoms with Gasteiger partial charge in [-0.1, -0.05) is 19.9 Å². The minimum atomic E-state index is -0.814. The molecule has 0 aliphatic carbocycles. The lowest BCUT2D eigenvalue weighted by Crippen LogP contribution is -2.39. The van der Waals surface area contributed by atoms with Crippen LogP contribution in [-0.2, 0) is 30.5 Å². The molecule has 1 heterocycles. The first-order chi connectivity index (χ1) is 13.9. The van der Waals surface area contributed by atoms with Gasteiger partial charge in [0.15, 0.2) is 0 Å². The Kier molecular flexibility index (Phi) is 13.3. The number of aldehydes is 1. The average Bonchev–Trinajstić information content (AvgIpc) is 2.70. The third-order valence-corrected chi connectivity index (χ3v) is 3.50. The van der Waals surface area contributed by atoms with E-state index >= 15 is 0 Å². The minimum absolute atomic E-state index is 0.0635. The predicted molar refractivity (Wildman–Crippen MR) is 106 cm³/mol. The highest BCUT2D eigenvalue weighted by atomic mass is 16.7. The van der Waals surface area contributed by atoms with E-state index in [1.165, 1.54) is 13.8 Å². The highest BCUT2D eigenvalue weighted by Gasteiger charge is 2.30. The minimum Gasteiger partial charge on any atom is -0.463 e. The molecule has 3 N–H and O–H groups in total. The van der Waals surface area contributed by atoms with E-state index in [4.69, 9.17) is 19.3 Å². The number of carbonyl (C=O) groups is 3. The molecule has 0 bridgehead atoms. The second kappa shape index (κ2) is 14.5. The second-order valence-electron chi connectivity index (χ2n) is 5.78. The fraction of sp³-hybridized carbons (Fsp3) is 0.550. The Morgan fingerprint density at radius 1 is 1.24 bits per heavy atom. The summed E-state index contributed by atoms with van der Waals surface area (Å²) >= 11 is 0. The third-order valence-electron chi connectivity index (χ3n) is 3.50. The number of carbonyl (C=O) groups excluding carboxylic acids is 3. The quantitative estimate of drug-likeness (QED) is 0.475. The summed E-state index contributed by atoms with van der Waals surface area (Å²) in [6, 6.07) is 4.90. The second-order valence-corrected chi connectivity index (χ2v) is 5.78. The summed E-state index contributed by atoms with van der Waals surface area (Å²) in [6.45, 7) is 6.72. The predicted octanol–water partition coefficient (Wildman–Crippen LogP) is 1.79. The van der Waals surface area contributed by atoms with E-state index in [0.717, 1.165) is 7.11 Å². The van der Waals surface area contributed by atoms with Gasteiger partial charge < -0.3 is 34.5 Å². The van der Waals surface area contributed by atoms with E-state index in [1.54, 1.807) is 18.2 Å². The van der Waals surface area contributed by atoms with Gasteiger partial charge in [-0.2, -0.15) is 0 Å². The van der Waals surface area contributed by atoms with Gasteiger partial charge in [0.1, 0.15) is 24.7 Å². The van der Waals surface area contributed by atoms with Gasteiger partial charge in [-0.25, -0.2) is 0 Å². The number of nitrogens with one attached hydrogen (secondary N) is 1. The smallest absolute Gasteiger partial charge is 0.302 e. The van der Waals surface area contributed by atoms with Crippen LogP contribution in [0.2, 0.25) is 0 Å². The van der Waals surface area contributed by atoms with Gasteiger partial charge in [-0.05, 0) is 17.7 Å². The molecule has 0 aromatic heterocycles. The van der Waals surface area contributed by atoms with E-state index in [0.29, 0.717) is 23.3 Å². The summed E-state index contributed by atoms with van der Waals surface area (Å²) < 4.78 is 16.1. The Bertz CT molecular complexity index is 649. The molecular formula is C20H31NO8. The Morgan fingerprint density at radius 2 is 1.90 bits per heavy atom. The van der Waals surface area contributed by atoms with Crippen molar-refractivity contribution < 1.29 is 38.8 Å². The third kappa shape index (κ3) is 10.0.